The van der Waals surface area contributed by atoms with Gasteiger partial charge in [-0.25, -0.2) is 19.3 Å². The van der Waals surface area contributed by atoms with E-state index in [1.165, 1.54) is 6.20 Å². The number of imidazole rings is 1. The average Bonchev–Trinajstić information content (AvgIpc) is 3.29. The van der Waals surface area contributed by atoms with Gasteiger partial charge in [0.25, 0.3) is 5.91 Å². The van der Waals surface area contributed by atoms with Gasteiger partial charge in [-0.05, 0) is 19.4 Å². The van der Waals surface area contributed by atoms with Crippen molar-refractivity contribution in [3.63, 3.8) is 0 Å². The Hall–Kier alpha value is -2.78. The van der Waals surface area contributed by atoms with E-state index in [-0.39, 0.29) is 11.6 Å². The van der Waals surface area contributed by atoms with Crippen molar-refractivity contribution in [2.24, 2.45) is 5.92 Å². The lowest BCUT2D eigenvalue weighted by Crippen LogP contribution is -2.51. The lowest BCUT2D eigenvalue weighted by molar-refractivity contribution is 0.102. The van der Waals surface area contributed by atoms with Gasteiger partial charge in [0.2, 0.25) is 0 Å². The standard InChI is InChI=1S/C21H23ClFN7O/c1-13-7-30-12-16(4-17(22)20(30)26-13)27-21(31)18-5-25-19(6-24-18)29-9-14(10-29)8-28-3-2-15(23)11-28/h4-7,12,14-15H,2-3,8-11H2,1H3,(H,27,31)/t15-/m0/s1. The zero-order valence-corrected chi connectivity index (χ0v) is 17.9. The Balaban J connectivity index is 1.18. The van der Waals surface area contributed by atoms with Crippen molar-refractivity contribution in [3.05, 3.63) is 47.3 Å². The van der Waals surface area contributed by atoms with E-state index in [0.717, 1.165) is 37.7 Å². The van der Waals surface area contributed by atoms with Crippen molar-refractivity contribution in [1.82, 2.24) is 24.3 Å². The van der Waals surface area contributed by atoms with E-state index in [9.17, 15) is 9.18 Å². The number of nitrogens with zero attached hydrogens (tertiary/aromatic N) is 6. The number of alkyl halides is 1. The third kappa shape index (κ3) is 4.20. The van der Waals surface area contributed by atoms with Gasteiger partial charge in [0, 0.05) is 51.0 Å². The summed E-state index contributed by atoms with van der Waals surface area (Å²) in [5, 5.41) is 3.26. The number of rotatable bonds is 5. The molecule has 1 N–H and O–H groups in total. The fraction of sp³-hybridized carbons (Fsp3) is 0.429. The molecule has 1 atom stereocenters. The number of likely N-dealkylation sites (tertiary alicyclic amines) is 1. The number of fused-ring (bicyclic) bond motifs is 1. The van der Waals surface area contributed by atoms with Crippen LogP contribution < -0.4 is 10.2 Å². The first kappa shape index (κ1) is 20.1. The molecule has 2 aliphatic rings. The highest BCUT2D eigenvalue weighted by Crippen LogP contribution is 2.25. The highest BCUT2D eigenvalue weighted by atomic mass is 35.5. The molecule has 8 nitrogen and oxygen atoms in total. The topological polar surface area (TPSA) is 78.7 Å². The minimum absolute atomic E-state index is 0.227. The summed E-state index contributed by atoms with van der Waals surface area (Å²) in [5.74, 6) is 0.903. The summed E-state index contributed by atoms with van der Waals surface area (Å²) in [6.07, 6.45) is 6.66. The number of anilines is 2. The number of pyridine rings is 1. The van der Waals surface area contributed by atoms with Crippen LogP contribution in [0.15, 0.2) is 30.9 Å². The minimum atomic E-state index is -0.678. The Kier molecular flexibility index (Phi) is 5.23. The Morgan fingerprint density at radius 1 is 1.26 bits per heavy atom. The molecular formula is C21H23ClFN7O. The second-order valence-electron chi connectivity index (χ2n) is 8.32. The number of halogens is 2. The number of aryl methyl sites for hydroxylation is 1. The average molecular weight is 444 g/mol. The largest absolute Gasteiger partial charge is 0.355 e. The lowest BCUT2D eigenvalue weighted by Gasteiger charge is -2.41. The Morgan fingerprint density at radius 3 is 2.81 bits per heavy atom. The summed E-state index contributed by atoms with van der Waals surface area (Å²) >= 11 is 6.27. The summed E-state index contributed by atoms with van der Waals surface area (Å²) in [4.78, 5) is 29.9. The maximum atomic E-state index is 13.3. The van der Waals surface area contributed by atoms with Crippen LogP contribution in [0.2, 0.25) is 5.02 Å². The summed E-state index contributed by atoms with van der Waals surface area (Å²) in [6, 6.07) is 1.66. The van der Waals surface area contributed by atoms with Gasteiger partial charge in [0.1, 0.15) is 17.7 Å². The van der Waals surface area contributed by atoms with Crippen molar-refractivity contribution >= 4 is 34.7 Å². The van der Waals surface area contributed by atoms with Crippen molar-refractivity contribution in [1.29, 1.82) is 0 Å². The van der Waals surface area contributed by atoms with Crippen molar-refractivity contribution in [3.8, 4) is 0 Å². The minimum Gasteiger partial charge on any atom is -0.355 e. The monoisotopic (exact) mass is 443 g/mol. The molecule has 0 radical (unpaired) electrons. The maximum Gasteiger partial charge on any atom is 0.275 e. The summed E-state index contributed by atoms with van der Waals surface area (Å²) in [6.45, 7) is 5.95. The second-order valence-corrected chi connectivity index (χ2v) is 8.73. The number of carbonyl (C=O) groups excluding carboxylic acids is 1. The number of nitrogens with one attached hydrogen (secondary N) is 1. The molecule has 0 saturated carbocycles. The first-order chi connectivity index (χ1) is 14.9. The SMILES string of the molecule is Cc1cn2cc(NC(=O)c3cnc(N4CC(CN5CC[C@H](F)C5)C4)cn3)cc(Cl)c2n1. The molecule has 3 aromatic rings. The van der Waals surface area contributed by atoms with Crippen LogP contribution in [0.1, 0.15) is 22.6 Å². The third-order valence-corrected chi connectivity index (χ3v) is 6.05. The highest BCUT2D eigenvalue weighted by molar-refractivity contribution is 6.33. The van der Waals surface area contributed by atoms with Gasteiger partial charge in [-0.15, -0.1) is 0 Å². The number of aromatic nitrogens is 4. The molecule has 0 unspecified atom stereocenters. The smallest absolute Gasteiger partial charge is 0.275 e. The van der Waals surface area contributed by atoms with E-state index in [4.69, 9.17) is 11.6 Å². The fourth-order valence-electron chi connectivity index (χ4n) is 4.23. The van der Waals surface area contributed by atoms with Crippen LogP contribution in [0, 0.1) is 12.8 Å². The normalized spacial score (nSPS) is 19.7. The molecule has 3 aromatic heterocycles. The fourth-order valence-corrected chi connectivity index (χ4v) is 4.49. The molecule has 2 saturated heterocycles. The van der Waals surface area contributed by atoms with E-state index < -0.39 is 6.17 Å². The Labute approximate surface area is 184 Å². The third-order valence-electron chi connectivity index (χ3n) is 5.77. The van der Waals surface area contributed by atoms with Crippen LogP contribution >= 0.6 is 11.6 Å². The van der Waals surface area contributed by atoms with Crippen LogP contribution in [0.4, 0.5) is 15.9 Å². The molecule has 5 heterocycles. The molecule has 0 aliphatic carbocycles. The summed E-state index contributed by atoms with van der Waals surface area (Å²) in [7, 11) is 0. The van der Waals surface area contributed by atoms with E-state index >= 15 is 0 Å². The molecule has 2 fully saturated rings. The van der Waals surface area contributed by atoms with Gasteiger partial charge < -0.3 is 14.6 Å². The van der Waals surface area contributed by atoms with Gasteiger partial charge >= 0.3 is 0 Å². The van der Waals surface area contributed by atoms with Crippen LogP contribution in [0.3, 0.4) is 0 Å². The first-order valence-electron chi connectivity index (χ1n) is 10.3. The van der Waals surface area contributed by atoms with Crippen LogP contribution in [0.5, 0.6) is 0 Å². The molecule has 0 spiro atoms. The Bertz CT molecular complexity index is 1110. The van der Waals surface area contributed by atoms with Crippen LogP contribution in [-0.2, 0) is 0 Å². The van der Waals surface area contributed by atoms with Gasteiger partial charge in [-0.2, -0.15) is 0 Å². The molecule has 162 valence electrons. The van der Waals surface area contributed by atoms with Crippen LogP contribution in [0.25, 0.3) is 5.65 Å². The maximum absolute atomic E-state index is 13.3. The van der Waals surface area contributed by atoms with E-state index in [1.54, 1.807) is 22.9 Å². The van der Waals surface area contributed by atoms with Gasteiger partial charge in [0.05, 0.1) is 28.8 Å². The quantitative estimate of drug-likeness (QED) is 0.653. The first-order valence-corrected chi connectivity index (χ1v) is 10.7. The molecule has 5 rings (SSSR count). The van der Waals surface area contributed by atoms with Crippen LogP contribution in [-0.4, -0.2) is 69.1 Å². The van der Waals surface area contributed by atoms with Gasteiger partial charge in [0.15, 0.2) is 5.65 Å². The molecule has 0 bridgehead atoms. The van der Waals surface area contributed by atoms with Crippen molar-refractivity contribution in [2.45, 2.75) is 19.5 Å². The predicted octanol–water partition coefficient (Wildman–Crippen LogP) is 2.82. The van der Waals surface area contributed by atoms with Crippen molar-refractivity contribution in [2.75, 3.05) is 42.9 Å². The zero-order chi connectivity index (χ0) is 21.5. The van der Waals surface area contributed by atoms with E-state index in [1.807, 2.05) is 13.1 Å². The van der Waals surface area contributed by atoms with Crippen molar-refractivity contribution < 1.29 is 9.18 Å². The number of hydrogen-bond acceptors (Lipinski definition) is 6. The summed E-state index contributed by atoms with van der Waals surface area (Å²) < 4.78 is 15.1. The predicted molar refractivity (Wildman–Crippen MR) is 117 cm³/mol. The van der Waals surface area contributed by atoms with E-state index in [2.05, 4.69) is 30.1 Å². The molecule has 0 aromatic carbocycles. The molecule has 2 aliphatic heterocycles. The van der Waals surface area contributed by atoms with Gasteiger partial charge in [-0.3, -0.25) is 9.69 Å². The molecule has 31 heavy (non-hydrogen) atoms. The summed E-state index contributed by atoms with van der Waals surface area (Å²) in [5.41, 5.74) is 2.26. The lowest BCUT2D eigenvalue weighted by atomic mass is 10.00. The van der Waals surface area contributed by atoms with E-state index in [0.29, 0.717) is 35.2 Å². The molecule has 1 amide bonds. The number of hydrogen-bond donors (Lipinski definition) is 1. The number of amides is 1. The van der Waals surface area contributed by atoms with Gasteiger partial charge in [-0.1, -0.05) is 11.6 Å². The molecular weight excluding hydrogens is 421 g/mol. The highest BCUT2D eigenvalue weighted by Gasteiger charge is 2.32. The molecule has 10 heteroatoms. The Morgan fingerprint density at radius 2 is 2.10 bits per heavy atom. The zero-order valence-electron chi connectivity index (χ0n) is 17.1. The number of carbonyl (C=O) groups is 1. The second kappa shape index (κ2) is 8.05.